The molecule has 7 nitrogen and oxygen atoms in total. The molecular formula is C19H18ClFN4O3S. The predicted octanol–water partition coefficient (Wildman–Crippen LogP) is 4.50. The first-order valence-electron chi connectivity index (χ1n) is 8.96. The van der Waals surface area contributed by atoms with E-state index in [2.05, 4.69) is 10.6 Å². The number of nitrogens with one attached hydrogen (secondary N) is 2. The van der Waals surface area contributed by atoms with Crippen LogP contribution in [0.2, 0.25) is 5.02 Å². The van der Waals surface area contributed by atoms with E-state index in [4.69, 9.17) is 23.8 Å². The van der Waals surface area contributed by atoms with E-state index >= 15 is 0 Å². The van der Waals surface area contributed by atoms with E-state index in [0.717, 1.165) is 38.4 Å². The van der Waals surface area contributed by atoms with E-state index in [1.54, 1.807) is 6.07 Å². The maximum absolute atomic E-state index is 13.2. The van der Waals surface area contributed by atoms with Crippen molar-refractivity contribution in [1.29, 1.82) is 0 Å². The summed E-state index contributed by atoms with van der Waals surface area (Å²) in [6, 6.07) is 8.28. The van der Waals surface area contributed by atoms with Crippen LogP contribution in [0.25, 0.3) is 0 Å². The molecule has 29 heavy (non-hydrogen) atoms. The van der Waals surface area contributed by atoms with Crippen LogP contribution in [0.5, 0.6) is 0 Å². The van der Waals surface area contributed by atoms with Gasteiger partial charge in [0.05, 0.1) is 9.95 Å². The van der Waals surface area contributed by atoms with Crippen LogP contribution in [0.4, 0.5) is 21.5 Å². The molecule has 1 aliphatic rings. The van der Waals surface area contributed by atoms with E-state index in [-0.39, 0.29) is 21.4 Å². The highest BCUT2D eigenvalue weighted by Crippen LogP contribution is 2.31. The average Bonchev–Trinajstić information content (AvgIpc) is 2.70. The van der Waals surface area contributed by atoms with Crippen LogP contribution < -0.4 is 15.5 Å². The lowest BCUT2D eigenvalue weighted by atomic mass is 10.1. The van der Waals surface area contributed by atoms with Crippen molar-refractivity contribution in [3.63, 3.8) is 0 Å². The lowest BCUT2D eigenvalue weighted by Gasteiger charge is -2.28. The van der Waals surface area contributed by atoms with Gasteiger partial charge in [0.1, 0.15) is 11.5 Å². The smallest absolute Gasteiger partial charge is 0.293 e. The van der Waals surface area contributed by atoms with E-state index < -0.39 is 16.6 Å². The molecule has 2 N–H and O–H groups in total. The number of rotatable bonds is 4. The second-order valence-electron chi connectivity index (χ2n) is 6.55. The topological polar surface area (TPSA) is 87.5 Å². The summed E-state index contributed by atoms with van der Waals surface area (Å²) in [4.78, 5) is 25.5. The molecule has 1 aliphatic heterocycles. The van der Waals surface area contributed by atoms with Crippen molar-refractivity contribution >= 4 is 51.9 Å². The van der Waals surface area contributed by atoms with Crippen molar-refractivity contribution in [2.24, 2.45) is 0 Å². The summed E-state index contributed by atoms with van der Waals surface area (Å²) in [6.07, 6.45) is 3.06. The summed E-state index contributed by atoms with van der Waals surface area (Å²) in [5.41, 5.74) is 0.892. The molecule has 0 bridgehead atoms. The summed E-state index contributed by atoms with van der Waals surface area (Å²) in [5, 5.41) is 16.6. The van der Waals surface area contributed by atoms with Crippen molar-refractivity contribution < 1.29 is 14.1 Å². The Balaban J connectivity index is 1.72. The monoisotopic (exact) mass is 436 g/mol. The van der Waals surface area contributed by atoms with E-state index in [9.17, 15) is 19.3 Å². The summed E-state index contributed by atoms with van der Waals surface area (Å²) in [7, 11) is 0. The Kier molecular flexibility index (Phi) is 6.60. The summed E-state index contributed by atoms with van der Waals surface area (Å²) in [5.74, 6) is -1.17. The number of nitro groups is 1. The zero-order chi connectivity index (χ0) is 21.0. The number of piperidine rings is 1. The van der Waals surface area contributed by atoms with Gasteiger partial charge in [0, 0.05) is 30.4 Å². The Bertz CT molecular complexity index is 966. The Hall–Kier alpha value is -2.78. The van der Waals surface area contributed by atoms with Crippen LogP contribution in [-0.2, 0) is 0 Å². The van der Waals surface area contributed by atoms with Gasteiger partial charge in [-0.2, -0.15) is 0 Å². The maximum Gasteiger partial charge on any atom is 0.293 e. The number of nitro benzene ring substituents is 1. The van der Waals surface area contributed by atoms with E-state index in [1.807, 2.05) is 4.90 Å². The van der Waals surface area contributed by atoms with Gasteiger partial charge in [-0.05, 0) is 61.8 Å². The lowest BCUT2D eigenvalue weighted by Crippen LogP contribution is -2.34. The van der Waals surface area contributed by atoms with Gasteiger partial charge in [0.25, 0.3) is 11.6 Å². The molecule has 0 aliphatic carbocycles. The number of benzene rings is 2. The molecule has 0 aromatic heterocycles. The highest BCUT2D eigenvalue weighted by molar-refractivity contribution is 7.80. The number of carbonyl (C=O) groups excluding carboxylic acids is 1. The van der Waals surface area contributed by atoms with Crippen LogP contribution in [0.3, 0.4) is 0 Å². The van der Waals surface area contributed by atoms with Gasteiger partial charge in [0.2, 0.25) is 0 Å². The molecule has 0 atom stereocenters. The van der Waals surface area contributed by atoms with E-state index in [1.165, 1.54) is 24.3 Å². The second kappa shape index (κ2) is 9.15. The van der Waals surface area contributed by atoms with Crippen molar-refractivity contribution in [1.82, 2.24) is 5.32 Å². The number of hydrogen-bond donors (Lipinski definition) is 2. The number of amides is 1. The summed E-state index contributed by atoms with van der Waals surface area (Å²) in [6.45, 7) is 1.50. The van der Waals surface area contributed by atoms with Crippen molar-refractivity contribution in [3.05, 3.63) is 62.9 Å². The molecule has 1 heterocycles. The number of nitrogens with zero attached hydrogens (tertiary/aromatic N) is 2. The number of carbonyl (C=O) groups is 1. The van der Waals surface area contributed by atoms with Crippen LogP contribution in [-0.4, -0.2) is 29.0 Å². The first-order chi connectivity index (χ1) is 13.8. The average molecular weight is 437 g/mol. The fraction of sp³-hybridized carbons (Fsp3) is 0.263. The molecule has 0 radical (unpaired) electrons. The van der Waals surface area contributed by atoms with Crippen molar-refractivity contribution in [3.8, 4) is 0 Å². The normalized spacial score (nSPS) is 13.7. The Morgan fingerprint density at radius 1 is 1.17 bits per heavy atom. The van der Waals surface area contributed by atoms with E-state index in [0.29, 0.717) is 11.4 Å². The van der Waals surface area contributed by atoms with Crippen LogP contribution in [0.15, 0.2) is 36.4 Å². The quantitative estimate of drug-likeness (QED) is 0.416. The maximum atomic E-state index is 13.2. The van der Waals surface area contributed by atoms with Gasteiger partial charge >= 0.3 is 0 Å². The fourth-order valence-corrected chi connectivity index (χ4v) is 3.52. The highest BCUT2D eigenvalue weighted by atomic mass is 35.5. The SMILES string of the molecule is O=C(NC(=S)Nc1ccc(F)c(Cl)c1)c1ccc(N2CCCCC2)c([N+](=O)[O-])c1. The van der Waals surface area contributed by atoms with Gasteiger partial charge in [0.15, 0.2) is 5.11 Å². The molecule has 152 valence electrons. The molecule has 3 rings (SSSR count). The zero-order valence-electron chi connectivity index (χ0n) is 15.3. The third kappa shape index (κ3) is 5.18. The summed E-state index contributed by atoms with van der Waals surface area (Å²) < 4.78 is 13.2. The lowest BCUT2D eigenvalue weighted by molar-refractivity contribution is -0.384. The molecule has 1 fully saturated rings. The Labute approximate surface area is 177 Å². The first kappa shape index (κ1) is 20.9. The largest absolute Gasteiger partial charge is 0.366 e. The molecule has 1 saturated heterocycles. The second-order valence-corrected chi connectivity index (χ2v) is 7.36. The van der Waals surface area contributed by atoms with Crippen LogP contribution in [0.1, 0.15) is 29.6 Å². The van der Waals surface area contributed by atoms with Gasteiger partial charge in [-0.25, -0.2) is 4.39 Å². The first-order valence-corrected chi connectivity index (χ1v) is 9.74. The number of anilines is 2. The molecule has 1 amide bonds. The van der Waals surface area contributed by atoms with Crippen molar-refractivity contribution in [2.75, 3.05) is 23.3 Å². The minimum atomic E-state index is -0.594. The number of hydrogen-bond acceptors (Lipinski definition) is 5. The standard InChI is InChI=1S/C19H18ClFN4O3S/c20-14-11-13(5-6-15(14)21)22-19(29)23-18(26)12-4-7-16(17(10-12)25(27)28)24-8-2-1-3-9-24/h4-7,10-11H,1-3,8-9H2,(H2,22,23,26,29). The molecular weight excluding hydrogens is 419 g/mol. The summed E-state index contributed by atoms with van der Waals surface area (Å²) >= 11 is 10.8. The Morgan fingerprint density at radius 3 is 2.55 bits per heavy atom. The van der Waals surface area contributed by atoms with Gasteiger partial charge in [-0.3, -0.25) is 20.2 Å². The molecule has 0 unspecified atom stereocenters. The van der Waals surface area contributed by atoms with Crippen molar-refractivity contribution in [2.45, 2.75) is 19.3 Å². The third-order valence-electron chi connectivity index (χ3n) is 4.54. The number of thiocarbonyl (C=S) groups is 1. The fourth-order valence-electron chi connectivity index (χ4n) is 3.12. The zero-order valence-corrected chi connectivity index (χ0v) is 16.9. The van der Waals surface area contributed by atoms with Crippen LogP contribution >= 0.6 is 23.8 Å². The molecule has 0 spiro atoms. The predicted molar refractivity (Wildman–Crippen MR) is 114 cm³/mol. The minimum absolute atomic E-state index is 0.0413. The minimum Gasteiger partial charge on any atom is -0.366 e. The third-order valence-corrected chi connectivity index (χ3v) is 5.03. The Morgan fingerprint density at radius 2 is 1.90 bits per heavy atom. The van der Waals surface area contributed by atoms with Gasteiger partial charge in [-0.1, -0.05) is 11.6 Å². The molecule has 2 aromatic rings. The van der Waals surface area contributed by atoms with Crippen LogP contribution in [0, 0.1) is 15.9 Å². The highest BCUT2D eigenvalue weighted by Gasteiger charge is 2.23. The molecule has 0 saturated carbocycles. The molecule has 2 aromatic carbocycles. The number of halogens is 2. The van der Waals surface area contributed by atoms with Gasteiger partial charge in [-0.15, -0.1) is 0 Å². The molecule has 10 heteroatoms. The van der Waals surface area contributed by atoms with Gasteiger partial charge < -0.3 is 10.2 Å².